The lowest BCUT2D eigenvalue weighted by Gasteiger charge is -2.21. The van der Waals surface area contributed by atoms with Crippen LogP contribution in [-0.4, -0.2) is 47.3 Å². The summed E-state index contributed by atoms with van der Waals surface area (Å²) >= 11 is 1.61. The van der Waals surface area contributed by atoms with Gasteiger partial charge in [0.05, 0.1) is 6.04 Å². The summed E-state index contributed by atoms with van der Waals surface area (Å²) < 4.78 is 0. The Kier molecular flexibility index (Phi) is 6.71. The molecule has 1 saturated heterocycles. The molecule has 1 heterocycles. The topological polar surface area (TPSA) is 78.5 Å². The van der Waals surface area contributed by atoms with Crippen molar-refractivity contribution in [3.8, 4) is 0 Å². The van der Waals surface area contributed by atoms with E-state index in [1.165, 1.54) is 0 Å². The van der Waals surface area contributed by atoms with Crippen molar-refractivity contribution in [1.29, 1.82) is 0 Å². The lowest BCUT2D eigenvalue weighted by molar-refractivity contribution is -0.132. The number of hydrogen-bond donors (Lipinski definition) is 2. The summed E-state index contributed by atoms with van der Waals surface area (Å²) in [5.41, 5.74) is 1.86. The van der Waals surface area contributed by atoms with Crippen LogP contribution in [0.1, 0.15) is 23.6 Å². The SMILES string of the molecule is CSCC[C@@H]1NC(=O)N(CC(=O)NC(c2ccccc2)c2ccccc2)C1=O. The fourth-order valence-electron chi connectivity index (χ4n) is 3.16. The molecule has 0 unspecified atom stereocenters. The van der Waals surface area contributed by atoms with Gasteiger partial charge >= 0.3 is 6.03 Å². The van der Waals surface area contributed by atoms with Crippen molar-refractivity contribution in [3.05, 3.63) is 71.8 Å². The smallest absolute Gasteiger partial charge is 0.325 e. The van der Waals surface area contributed by atoms with Crippen LogP contribution in [0.15, 0.2) is 60.7 Å². The highest BCUT2D eigenvalue weighted by molar-refractivity contribution is 7.98. The first-order valence-electron chi connectivity index (χ1n) is 9.10. The Morgan fingerprint density at radius 2 is 1.64 bits per heavy atom. The van der Waals surface area contributed by atoms with Gasteiger partial charge in [-0.25, -0.2) is 4.79 Å². The first kappa shape index (κ1) is 19.9. The van der Waals surface area contributed by atoms with E-state index in [-0.39, 0.29) is 24.4 Å². The summed E-state index contributed by atoms with van der Waals surface area (Å²) in [5, 5.41) is 5.61. The van der Waals surface area contributed by atoms with Crippen LogP contribution >= 0.6 is 11.8 Å². The number of carbonyl (C=O) groups excluding carboxylic acids is 3. The van der Waals surface area contributed by atoms with Crippen LogP contribution in [0.3, 0.4) is 0 Å². The van der Waals surface area contributed by atoms with E-state index in [2.05, 4.69) is 10.6 Å². The van der Waals surface area contributed by atoms with Crippen LogP contribution in [0.4, 0.5) is 4.79 Å². The third kappa shape index (κ3) is 4.72. The number of benzene rings is 2. The largest absolute Gasteiger partial charge is 0.344 e. The molecule has 1 aliphatic heterocycles. The quantitative estimate of drug-likeness (QED) is 0.671. The van der Waals surface area contributed by atoms with E-state index in [9.17, 15) is 14.4 Å². The summed E-state index contributed by atoms with van der Waals surface area (Å²) in [6.07, 6.45) is 2.50. The zero-order valence-electron chi connectivity index (χ0n) is 15.6. The van der Waals surface area contributed by atoms with Gasteiger partial charge in [0.2, 0.25) is 5.91 Å². The minimum Gasteiger partial charge on any atom is -0.344 e. The van der Waals surface area contributed by atoms with Gasteiger partial charge in [0.1, 0.15) is 12.6 Å². The number of thioether (sulfide) groups is 1. The minimum atomic E-state index is -0.549. The molecule has 0 aliphatic carbocycles. The maximum Gasteiger partial charge on any atom is 0.325 e. The Bertz CT molecular complexity index is 790. The Labute approximate surface area is 168 Å². The second kappa shape index (κ2) is 9.41. The monoisotopic (exact) mass is 397 g/mol. The number of carbonyl (C=O) groups is 3. The predicted molar refractivity (Wildman–Crippen MR) is 110 cm³/mol. The number of imide groups is 1. The van der Waals surface area contributed by atoms with Gasteiger partial charge in [0.15, 0.2) is 0 Å². The third-order valence-electron chi connectivity index (χ3n) is 4.59. The van der Waals surface area contributed by atoms with Gasteiger partial charge in [-0.1, -0.05) is 60.7 Å². The summed E-state index contributed by atoms with van der Waals surface area (Å²) in [5.74, 6) is 0.0396. The average Bonchev–Trinajstić information content (AvgIpc) is 2.99. The molecule has 7 heteroatoms. The van der Waals surface area contributed by atoms with Gasteiger partial charge in [0, 0.05) is 0 Å². The third-order valence-corrected chi connectivity index (χ3v) is 5.23. The van der Waals surface area contributed by atoms with Gasteiger partial charge in [-0.05, 0) is 29.6 Å². The van der Waals surface area contributed by atoms with Crippen LogP contribution in [-0.2, 0) is 9.59 Å². The maximum absolute atomic E-state index is 12.7. The summed E-state index contributed by atoms with van der Waals surface area (Å²) in [6, 6.07) is 17.8. The molecule has 0 saturated carbocycles. The molecule has 2 aromatic carbocycles. The van der Waals surface area contributed by atoms with E-state index in [1.807, 2.05) is 66.9 Å². The number of urea groups is 1. The lowest BCUT2D eigenvalue weighted by atomic mass is 9.99. The number of rotatable bonds is 8. The number of amides is 4. The molecule has 1 fully saturated rings. The molecular weight excluding hydrogens is 374 g/mol. The highest BCUT2D eigenvalue weighted by atomic mass is 32.2. The van der Waals surface area contributed by atoms with Crippen LogP contribution in [0.5, 0.6) is 0 Å². The molecule has 3 rings (SSSR count). The zero-order valence-corrected chi connectivity index (χ0v) is 16.4. The van der Waals surface area contributed by atoms with E-state index in [0.29, 0.717) is 6.42 Å². The lowest BCUT2D eigenvalue weighted by Crippen LogP contribution is -2.42. The van der Waals surface area contributed by atoms with Crippen molar-refractivity contribution < 1.29 is 14.4 Å². The molecular formula is C21H23N3O3S. The molecule has 6 nitrogen and oxygen atoms in total. The van der Waals surface area contributed by atoms with Crippen LogP contribution in [0.2, 0.25) is 0 Å². The molecule has 0 radical (unpaired) electrons. The second-order valence-corrected chi connectivity index (χ2v) is 7.52. The van der Waals surface area contributed by atoms with Gasteiger partial charge in [-0.3, -0.25) is 14.5 Å². The Balaban J connectivity index is 1.71. The van der Waals surface area contributed by atoms with E-state index in [0.717, 1.165) is 21.8 Å². The zero-order chi connectivity index (χ0) is 19.9. The molecule has 0 aromatic heterocycles. The Hall–Kier alpha value is -2.80. The van der Waals surface area contributed by atoms with E-state index in [1.54, 1.807) is 11.8 Å². The van der Waals surface area contributed by atoms with Crippen LogP contribution in [0.25, 0.3) is 0 Å². The summed E-state index contributed by atoms with van der Waals surface area (Å²) in [4.78, 5) is 38.2. The van der Waals surface area contributed by atoms with Gasteiger partial charge in [-0.15, -0.1) is 0 Å². The summed E-state index contributed by atoms with van der Waals surface area (Å²) in [7, 11) is 0. The van der Waals surface area contributed by atoms with Gasteiger partial charge in [0.25, 0.3) is 5.91 Å². The molecule has 2 N–H and O–H groups in total. The molecule has 0 bridgehead atoms. The molecule has 1 atom stereocenters. The predicted octanol–water partition coefficient (Wildman–Crippen LogP) is 2.57. The normalized spacial score (nSPS) is 16.4. The second-order valence-electron chi connectivity index (χ2n) is 6.53. The van der Waals surface area contributed by atoms with Crippen molar-refractivity contribution in [2.24, 2.45) is 0 Å². The van der Waals surface area contributed by atoms with Gasteiger partial charge in [-0.2, -0.15) is 11.8 Å². The standard InChI is InChI=1S/C21H23N3O3S/c1-28-13-12-17-20(26)24(21(27)22-17)14-18(25)23-19(15-8-4-2-5-9-15)16-10-6-3-7-11-16/h2-11,17,19H,12-14H2,1H3,(H,22,27)(H,23,25)/t17-/m0/s1. The fraction of sp³-hybridized carbons (Fsp3) is 0.286. The Morgan fingerprint density at radius 3 is 2.18 bits per heavy atom. The molecule has 28 heavy (non-hydrogen) atoms. The van der Waals surface area contributed by atoms with Crippen molar-refractivity contribution in [3.63, 3.8) is 0 Å². The molecule has 1 aliphatic rings. The maximum atomic E-state index is 12.7. The van der Waals surface area contributed by atoms with Crippen molar-refractivity contribution >= 4 is 29.6 Å². The fourth-order valence-corrected chi connectivity index (χ4v) is 3.63. The number of hydrogen-bond acceptors (Lipinski definition) is 4. The highest BCUT2D eigenvalue weighted by Gasteiger charge is 2.38. The molecule has 2 aromatic rings. The van der Waals surface area contributed by atoms with E-state index >= 15 is 0 Å². The molecule has 4 amide bonds. The molecule has 146 valence electrons. The van der Waals surface area contributed by atoms with Crippen molar-refractivity contribution in [1.82, 2.24) is 15.5 Å². The first-order chi connectivity index (χ1) is 13.6. The van der Waals surface area contributed by atoms with Crippen LogP contribution < -0.4 is 10.6 Å². The van der Waals surface area contributed by atoms with Crippen LogP contribution in [0, 0.1) is 0 Å². The van der Waals surface area contributed by atoms with E-state index in [4.69, 9.17) is 0 Å². The van der Waals surface area contributed by atoms with E-state index < -0.39 is 12.1 Å². The number of nitrogens with zero attached hydrogens (tertiary/aromatic N) is 1. The minimum absolute atomic E-state index is 0.295. The van der Waals surface area contributed by atoms with Gasteiger partial charge < -0.3 is 10.6 Å². The Morgan fingerprint density at radius 1 is 1.07 bits per heavy atom. The number of nitrogens with one attached hydrogen (secondary N) is 2. The summed E-state index contributed by atoms with van der Waals surface area (Å²) in [6.45, 7) is -0.295. The highest BCUT2D eigenvalue weighted by Crippen LogP contribution is 2.22. The van der Waals surface area contributed by atoms with Crippen molar-refractivity contribution in [2.45, 2.75) is 18.5 Å². The first-order valence-corrected chi connectivity index (χ1v) is 10.5. The average molecular weight is 398 g/mol. The van der Waals surface area contributed by atoms with Crippen molar-refractivity contribution in [2.75, 3.05) is 18.6 Å². The molecule has 0 spiro atoms.